The molecule has 3 unspecified atom stereocenters. The zero-order valence-electron chi connectivity index (χ0n) is 12.7. The molecule has 2 rings (SSSR count). The first-order valence-corrected chi connectivity index (χ1v) is 7.38. The van der Waals surface area contributed by atoms with Gasteiger partial charge in [0.2, 0.25) is 11.7 Å². The van der Waals surface area contributed by atoms with Crippen LogP contribution in [-0.4, -0.2) is 52.5 Å². The molecule has 1 saturated heterocycles. The smallest absolute Gasteiger partial charge is 0.232 e. The molecule has 1 N–H and O–H groups in total. The SMILES string of the molecule is CCN1CCOC(c2noc(C(C(C)C)C(C)O)n2)C1. The lowest BCUT2D eigenvalue weighted by Crippen LogP contribution is -2.38. The summed E-state index contributed by atoms with van der Waals surface area (Å²) in [5.74, 6) is 1.19. The number of hydrogen-bond donors (Lipinski definition) is 1. The Kier molecular flexibility index (Phi) is 5.12. The van der Waals surface area contributed by atoms with E-state index in [0.717, 1.165) is 19.6 Å². The number of aromatic nitrogens is 2. The third-order valence-electron chi connectivity index (χ3n) is 3.87. The van der Waals surface area contributed by atoms with Crippen LogP contribution >= 0.6 is 0 Å². The predicted octanol–water partition coefficient (Wildman–Crippen LogP) is 1.58. The van der Waals surface area contributed by atoms with Gasteiger partial charge < -0.3 is 14.4 Å². The van der Waals surface area contributed by atoms with E-state index in [-0.39, 0.29) is 17.9 Å². The number of hydrogen-bond acceptors (Lipinski definition) is 6. The molecule has 0 aromatic carbocycles. The first-order valence-electron chi connectivity index (χ1n) is 7.38. The molecule has 6 heteroatoms. The Hall–Kier alpha value is -0.980. The average Bonchev–Trinajstić information content (AvgIpc) is 2.87. The summed E-state index contributed by atoms with van der Waals surface area (Å²) in [6.07, 6.45) is -0.647. The monoisotopic (exact) mass is 283 g/mol. The predicted molar refractivity (Wildman–Crippen MR) is 74.4 cm³/mol. The molecule has 20 heavy (non-hydrogen) atoms. The highest BCUT2D eigenvalue weighted by molar-refractivity contribution is 5.01. The molecule has 6 nitrogen and oxygen atoms in total. The minimum atomic E-state index is -0.511. The van der Waals surface area contributed by atoms with Gasteiger partial charge in [0.15, 0.2) is 0 Å². The standard InChI is InChI=1S/C14H25N3O3/c1-5-17-6-7-19-11(8-17)13-15-14(20-16-13)12(9(2)3)10(4)18/h9-12,18H,5-8H2,1-4H3. The lowest BCUT2D eigenvalue weighted by molar-refractivity contribution is -0.0334. The normalized spacial score (nSPS) is 24.0. The molecule has 1 aliphatic heterocycles. The molecular formula is C14H25N3O3. The highest BCUT2D eigenvalue weighted by Crippen LogP contribution is 2.28. The van der Waals surface area contributed by atoms with Crippen LogP contribution in [-0.2, 0) is 4.74 Å². The van der Waals surface area contributed by atoms with Gasteiger partial charge in [-0.1, -0.05) is 25.9 Å². The van der Waals surface area contributed by atoms with Crippen molar-refractivity contribution in [1.82, 2.24) is 15.0 Å². The summed E-state index contributed by atoms with van der Waals surface area (Å²) in [4.78, 5) is 6.76. The zero-order valence-corrected chi connectivity index (χ0v) is 12.7. The molecular weight excluding hydrogens is 258 g/mol. The molecule has 1 aromatic rings. The Morgan fingerprint density at radius 2 is 2.15 bits per heavy atom. The molecule has 0 spiro atoms. The highest BCUT2D eigenvalue weighted by Gasteiger charge is 2.30. The van der Waals surface area contributed by atoms with Crippen LogP contribution in [0.25, 0.3) is 0 Å². The minimum absolute atomic E-state index is 0.136. The van der Waals surface area contributed by atoms with Gasteiger partial charge in [-0.3, -0.25) is 4.90 Å². The summed E-state index contributed by atoms with van der Waals surface area (Å²) < 4.78 is 11.1. The fourth-order valence-electron chi connectivity index (χ4n) is 2.71. The number of aliphatic hydroxyl groups is 1. The molecule has 2 heterocycles. The number of ether oxygens (including phenoxy) is 1. The molecule has 0 aliphatic carbocycles. The fourth-order valence-corrected chi connectivity index (χ4v) is 2.71. The van der Waals surface area contributed by atoms with Crippen molar-refractivity contribution < 1.29 is 14.4 Å². The molecule has 0 bridgehead atoms. The number of nitrogens with zero attached hydrogens (tertiary/aromatic N) is 3. The summed E-state index contributed by atoms with van der Waals surface area (Å²) in [6.45, 7) is 11.4. The first-order chi connectivity index (χ1) is 9.52. The van der Waals surface area contributed by atoms with E-state index in [4.69, 9.17) is 9.26 Å². The molecule has 1 aliphatic rings. The fraction of sp³-hybridized carbons (Fsp3) is 0.857. The van der Waals surface area contributed by atoms with Crippen molar-refractivity contribution >= 4 is 0 Å². The van der Waals surface area contributed by atoms with Crippen molar-refractivity contribution in [3.05, 3.63) is 11.7 Å². The van der Waals surface area contributed by atoms with E-state index >= 15 is 0 Å². The first kappa shape index (κ1) is 15.4. The van der Waals surface area contributed by atoms with Crippen LogP contribution in [0, 0.1) is 5.92 Å². The zero-order chi connectivity index (χ0) is 14.7. The number of aliphatic hydroxyl groups excluding tert-OH is 1. The van der Waals surface area contributed by atoms with E-state index in [1.807, 2.05) is 13.8 Å². The number of likely N-dealkylation sites (N-methyl/N-ethyl adjacent to an activating group) is 1. The van der Waals surface area contributed by atoms with E-state index in [9.17, 15) is 5.11 Å². The summed E-state index contributed by atoms with van der Waals surface area (Å²) in [5.41, 5.74) is 0. The van der Waals surface area contributed by atoms with Crippen LogP contribution in [0.3, 0.4) is 0 Å². The Morgan fingerprint density at radius 3 is 2.75 bits per heavy atom. The Morgan fingerprint density at radius 1 is 1.40 bits per heavy atom. The van der Waals surface area contributed by atoms with Crippen LogP contribution in [0.2, 0.25) is 0 Å². The maximum absolute atomic E-state index is 9.87. The average molecular weight is 283 g/mol. The van der Waals surface area contributed by atoms with Crippen molar-refractivity contribution in [1.29, 1.82) is 0 Å². The van der Waals surface area contributed by atoms with E-state index < -0.39 is 6.10 Å². The molecule has 3 atom stereocenters. The van der Waals surface area contributed by atoms with Crippen LogP contribution in [0.1, 0.15) is 51.4 Å². The van der Waals surface area contributed by atoms with Gasteiger partial charge in [0, 0.05) is 13.1 Å². The van der Waals surface area contributed by atoms with Gasteiger partial charge >= 0.3 is 0 Å². The third-order valence-corrected chi connectivity index (χ3v) is 3.87. The molecule has 1 aromatic heterocycles. The van der Waals surface area contributed by atoms with Gasteiger partial charge in [-0.2, -0.15) is 4.98 Å². The van der Waals surface area contributed by atoms with E-state index in [2.05, 4.69) is 22.0 Å². The van der Waals surface area contributed by atoms with Crippen molar-refractivity contribution in [3.8, 4) is 0 Å². The van der Waals surface area contributed by atoms with Crippen LogP contribution in [0.15, 0.2) is 4.52 Å². The summed E-state index contributed by atoms with van der Waals surface area (Å²) in [7, 11) is 0. The molecule has 0 amide bonds. The molecule has 1 fully saturated rings. The lowest BCUT2D eigenvalue weighted by Gasteiger charge is -2.30. The van der Waals surface area contributed by atoms with Crippen LogP contribution in [0.5, 0.6) is 0 Å². The van der Waals surface area contributed by atoms with Gasteiger partial charge in [0.25, 0.3) is 0 Å². The van der Waals surface area contributed by atoms with Crippen molar-refractivity contribution in [3.63, 3.8) is 0 Å². The second-order valence-corrected chi connectivity index (χ2v) is 5.75. The van der Waals surface area contributed by atoms with Gasteiger partial charge in [0.05, 0.1) is 18.6 Å². The largest absolute Gasteiger partial charge is 0.393 e. The van der Waals surface area contributed by atoms with Gasteiger partial charge in [-0.05, 0) is 19.4 Å². The maximum Gasteiger partial charge on any atom is 0.232 e. The van der Waals surface area contributed by atoms with E-state index in [0.29, 0.717) is 18.3 Å². The molecule has 114 valence electrons. The van der Waals surface area contributed by atoms with Gasteiger partial charge in [-0.25, -0.2) is 0 Å². The molecule has 0 saturated carbocycles. The Balaban J connectivity index is 2.11. The third kappa shape index (κ3) is 3.37. The topological polar surface area (TPSA) is 71.6 Å². The second-order valence-electron chi connectivity index (χ2n) is 5.75. The molecule has 0 radical (unpaired) electrons. The number of rotatable bonds is 5. The highest BCUT2D eigenvalue weighted by atomic mass is 16.5. The van der Waals surface area contributed by atoms with Crippen molar-refractivity contribution in [2.24, 2.45) is 5.92 Å². The second kappa shape index (κ2) is 6.65. The van der Waals surface area contributed by atoms with Crippen LogP contribution < -0.4 is 0 Å². The van der Waals surface area contributed by atoms with Crippen LogP contribution in [0.4, 0.5) is 0 Å². The van der Waals surface area contributed by atoms with Crippen molar-refractivity contribution in [2.45, 2.75) is 45.8 Å². The van der Waals surface area contributed by atoms with E-state index in [1.54, 1.807) is 6.92 Å². The van der Waals surface area contributed by atoms with Gasteiger partial charge in [-0.15, -0.1) is 0 Å². The van der Waals surface area contributed by atoms with Crippen molar-refractivity contribution in [2.75, 3.05) is 26.2 Å². The Labute approximate surface area is 120 Å². The lowest BCUT2D eigenvalue weighted by atomic mass is 9.91. The minimum Gasteiger partial charge on any atom is -0.393 e. The number of morpholine rings is 1. The van der Waals surface area contributed by atoms with Gasteiger partial charge in [0.1, 0.15) is 6.10 Å². The maximum atomic E-state index is 9.87. The quantitative estimate of drug-likeness (QED) is 0.884. The van der Waals surface area contributed by atoms with E-state index in [1.165, 1.54) is 0 Å². The summed E-state index contributed by atoms with van der Waals surface area (Å²) >= 11 is 0. The Bertz CT molecular complexity index is 412. The summed E-state index contributed by atoms with van der Waals surface area (Å²) in [6, 6.07) is 0. The summed E-state index contributed by atoms with van der Waals surface area (Å²) in [5, 5.41) is 13.9.